The molecule has 0 aliphatic carbocycles. The van der Waals surface area contributed by atoms with Gasteiger partial charge in [0.2, 0.25) is 0 Å². The lowest BCUT2D eigenvalue weighted by atomic mass is 9.87. The minimum absolute atomic E-state index is 0.0347. The molecule has 1 rings (SSSR count). The molecule has 0 aromatic heterocycles. The molecule has 0 aromatic carbocycles. The molecule has 0 saturated carbocycles. The molecule has 1 unspecified atom stereocenters. The van der Waals surface area contributed by atoms with E-state index in [1.165, 1.54) is 0 Å². The van der Waals surface area contributed by atoms with Gasteiger partial charge in [-0.3, -0.25) is 4.90 Å². The molecule has 1 fully saturated rings. The van der Waals surface area contributed by atoms with Crippen LogP contribution in [0.2, 0.25) is 0 Å². The minimum Gasteiger partial charge on any atom is -0.292 e. The molecule has 2 nitrogen and oxygen atoms in total. The van der Waals surface area contributed by atoms with Crippen molar-refractivity contribution in [3.05, 3.63) is 0 Å². The van der Waals surface area contributed by atoms with E-state index in [9.17, 15) is 0 Å². The van der Waals surface area contributed by atoms with E-state index in [0.717, 1.165) is 13.0 Å². The van der Waals surface area contributed by atoms with Gasteiger partial charge in [-0.25, -0.2) is 0 Å². The van der Waals surface area contributed by atoms with Crippen LogP contribution >= 0.6 is 0 Å². The smallest absolute Gasteiger partial charge is 0.0675 e. The molecule has 0 N–H and O–H groups in total. The third kappa shape index (κ3) is 1.71. The summed E-state index contributed by atoms with van der Waals surface area (Å²) in [7, 11) is 0. The van der Waals surface area contributed by atoms with Gasteiger partial charge in [-0.2, -0.15) is 5.26 Å². The summed E-state index contributed by atoms with van der Waals surface area (Å²) in [6.45, 7) is 12.1. The quantitative estimate of drug-likeness (QED) is 0.572. The summed E-state index contributed by atoms with van der Waals surface area (Å²) >= 11 is 0. The van der Waals surface area contributed by atoms with Crippen LogP contribution in [0.25, 0.3) is 0 Å². The fraction of sp³-hybridized carbons (Fsp3) is 0.909. The number of hydrogen-bond donors (Lipinski definition) is 0. The molecule has 1 heterocycles. The van der Waals surface area contributed by atoms with Crippen LogP contribution in [0.1, 0.15) is 41.0 Å². The molecule has 0 bridgehead atoms. The Labute approximate surface area is 81.5 Å². The molecule has 0 radical (unpaired) electrons. The molecule has 74 valence electrons. The van der Waals surface area contributed by atoms with Crippen molar-refractivity contribution in [1.29, 1.82) is 5.26 Å². The number of nitriles is 1. The van der Waals surface area contributed by atoms with Crippen LogP contribution in [0.3, 0.4) is 0 Å². The monoisotopic (exact) mass is 180 g/mol. The molecule has 2 heteroatoms. The van der Waals surface area contributed by atoms with Gasteiger partial charge in [0.25, 0.3) is 0 Å². The highest BCUT2D eigenvalue weighted by Crippen LogP contribution is 2.38. The van der Waals surface area contributed by atoms with Crippen molar-refractivity contribution >= 4 is 0 Å². The van der Waals surface area contributed by atoms with Gasteiger partial charge in [0.1, 0.15) is 0 Å². The molecule has 1 aliphatic rings. The summed E-state index contributed by atoms with van der Waals surface area (Å²) in [4.78, 5) is 2.44. The van der Waals surface area contributed by atoms with Crippen LogP contribution in [0, 0.1) is 17.2 Å². The van der Waals surface area contributed by atoms with Crippen LogP contribution < -0.4 is 0 Å². The van der Waals surface area contributed by atoms with Gasteiger partial charge in [-0.05, 0) is 41.0 Å². The number of likely N-dealkylation sites (tertiary alicyclic amines) is 1. The van der Waals surface area contributed by atoms with Crippen LogP contribution in [-0.2, 0) is 0 Å². The number of hydrogen-bond acceptors (Lipinski definition) is 2. The molecule has 0 aromatic rings. The SMILES string of the molecule is CC(C)(C)N1CCC(C#N)C1(C)C. The van der Waals surface area contributed by atoms with Crippen molar-refractivity contribution in [2.24, 2.45) is 5.92 Å². The Morgan fingerprint density at radius 3 is 2.15 bits per heavy atom. The molecular weight excluding hydrogens is 160 g/mol. The van der Waals surface area contributed by atoms with Gasteiger partial charge in [0.05, 0.1) is 12.0 Å². The predicted octanol–water partition coefficient (Wildman–Crippen LogP) is 2.41. The second-order valence-corrected chi connectivity index (χ2v) is 5.45. The summed E-state index contributed by atoms with van der Waals surface area (Å²) in [6.07, 6.45) is 1.01. The summed E-state index contributed by atoms with van der Waals surface area (Å²) in [5.74, 6) is 0.187. The largest absolute Gasteiger partial charge is 0.292 e. The number of rotatable bonds is 0. The molecule has 1 atom stereocenters. The minimum atomic E-state index is 0.0347. The van der Waals surface area contributed by atoms with Crippen LogP contribution in [0.5, 0.6) is 0 Å². The van der Waals surface area contributed by atoms with Crippen molar-refractivity contribution in [1.82, 2.24) is 4.90 Å². The fourth-order valence-electron chi connectivity index (χ4n) is 2.51. The van der Waals surface area contributed by atoms with Crippen molar-refractivity contribution in [2.75, 3.05) is 6.54 Å². The Kier molecular flexibility index (Phi) is 2.42. The standard InChI is InChI=1S/C11H20N2/c1-10(2,3)13-7-6-9(8-12)11(13,4)5/h9H,6-7H2,1-5H3. The first-order valence-corrected chi connectivity index (χ1v) is 4.97. The fourth-order valence-corrected chi connectivity index (χ4v) is 2.51. The average molecular weight is 180 g/mol. The Bertz CT molecular complexity index is 229. The van der Waals surface area contributed by atoms with Crippen LogP contribution in [-0.4, -0.2) is 22.5 Å². The Hall–Kier alpha value is -0.550. The topological polar surface area (TPSA) is 27.0 Å². The summed E-state index contributed by atoms with van der Waals surface area (Å²) < 4.78 is 0. The Balaban J connectivity index is 2.89. The third-order valence-electron chi connectivity index (χ3n) is 3.16. The van der Waals surface area contributed by atoms with E-state index >= 15 is 0 Å². The molecule has 0 spiro atoms. The Morgan fingerprint density at radius 1 is 1.38 bits per heavy atom. The zero-order valence-electron chi connectivity index (χ0n) is 9.39. The normalized spacial score (nSPS) is 28.8. The maximum atomic E-state index is 9.01. The highest BCUT2D eigenvalue weighted by molar-refractivity contribution is 5.07. The van der Waals surface area contributed by atoms with E-state index in [0.29, 0.717) is 0 Å². The Morgan fingerprint density at radius 2 is 1.92 bits per heavy atom. The lowest BCUT2D eigenvalue weighted by Crippen LogP contribution is -2.52. The van der Waals surface area contributed by atoms with E-state index in [2.05, 4.69) is 45.6 Å². The van der Waals surface area contributed by atoms with Crippen molar-refractivity contribution < 1.29 is 0 Å². The first-order valence-electron chi connectivity index (χ1n) is 4.97. The molecular formula is C11H20N2. The van der Waals surface area contributed by atoms with Crippen molar-refractivity contribution in [3.63, 3.8) is 0 Å². The van der Waals surface area contributed by atoms with E-state index in [-0.39, 0.29) is 17.0 Å². The van der Waals surface area contributed by atoms with Crippen LogP contribution in [0.15, 0.2) is 0 Å². The maximum Gasteiger partial charge on any atom is 0.0675 e. The van der Waals surface area contributed by atoms with Gasteiger partial charge in [0, 0.05) is 17.6 Å². The summed E-state index contributed by atoms with van der Waals surface area (Å²) in [5.41, 5.74) is 0.210. The lowest BCUT2D eigenvalue weighted by molar-refractivity contribution is 0.0569. The first kappa shape index (κ1) is 10.5. The van der Waals surface area contributed by atoms with Gasteiger partial charge < -0.3 is 0 Å². The van der Waals surface area contributed by atoms with E-state index in [4.69, 9.17) is 5.26 Å². The van der Waals surface area contributed by atoms with Gasteiger partial charge in [-0.15, -0.1) is 0 Å². The maximum absolute atomic E-state index is 9.01. The second kappa shape index (κ2) is 2.99. The zero-order valence-corrected chi connectivity index (χ0v) is 9.39. The van der Waals surface area contributed by atoms with Crippen molar-refractivity contribution in [3.8, 4) is 6.07 Å². The van der Waals surface area contributed by atoms with Gasteiger partial charge in [0.15, 0.2) is 0 Å². The highest BCUT2D eigenvalue weighted by atomic mass is 15.3. The van der Waals surface area contributed by atoms with Gasteiger partial charge >= 0.3 is 0 Å². The highest BCUT2D eigenvalue weighted by Gasteiger charge is 2.45. The first-order chi connectivity index (χ1) is 5.80. The van der Waals surface area contributed by atoms with E-state index < -0.39 is 0 Å². The molecule has 1 saturated heterocycles. The summed E-state index contributed by atoms with van der Waals surface area (Å²) in [6, 6.07) is 2.41. The average Bonchev–Trinajstić information content (AvgIpc) is 2.22. The molecule has 1 aliphatic heterocycles. The van der Waals surface area contributed by atoms with Gasteiger partial charge in [-0.1, -0.05) is 0 Å². The van der Waals surface area contributed by atoms with Crippen molar-refractivity contribution in [2.45, 2.75) is 52.1 Å². The zero-order chi connectivity index (χ0) is 10.3. The van der Waals surface area contributed by atoms with E-state index in [1.54, 1.807) is 0 Å². The van der Waals surface area contributed by atoms with Crippen LogP contribution in [0.4, 0.5) is 0 Å². The summed E-state index contributed by atoms with van der Waals surface area (Å²) in [5, 5.41) is 9.01. The predicted molar refractivity (Wildman–Crippen MR) is 54.3 cm³/mol. The molecule has 0 amide bonds. The van der Waals surface area contributed by atoms with E-state index in [1.807, 2.05) is 0 Å². The second-order valence-electron chi connectivity index (χ2n) is 5.45. The third-order valence-corrected chi connectivity index (χ3v) is 3.16. The lowest BCUT2D eigenvalue weighted by Gasteiger charge is -2.43. The number of nitrogens with zero attached hydrogens (tertiary/aromatic N) is 2. The molecule has 13 heavy (non-hydrogen) atoms.